The van der Waals surface area contributed by atoms with Gasteiger partial charge in [-0.15, -0.1) is 0 Å². The lowest BCUT2D eigenvalue weighted by Gasteiger charge is -2.17. The van der Waals surface area contributed by atoms with Gasteiger partial charge in [-0.1, -0.05) is 0 Å². The molecular formula is C10H17N3O. The highest BCUT2D eigenvalue weighted by Crippen LogP contribution is 2.10. The van der Waals surface area contributed by atoms with E-state index in [2.05, 4.69) is 16.3 Å². The van der Waals surface area contributed by atoms with Gasteiger partial charge in [-0.05, 0) is 13.3 Å². The first kappa shape index (κ1) is 11.0. The van der Waals surface area contributed by atoms with Crippen LogP contribution in [-0.4, -0.2) is 36.5 Å². The highest BCUT2D eigenvalue weighted by atomic mass is 16.1. The number of amides is 1. The Labute approximate surface area is 84.9 Å². The molecule has 0 aliphatic carbocycles. The minimum atomic E-state index is 0.0326. The van der Waals surface area contributed by atoms with Crippen molar-refractivity contribution in [3.63, 3.8) is 0 Å². The maximum Gasteiger partial charge on any atom is 0.217 e. The molecule has 1 saturated heterocycles. The molecule has 0 aromatic heterocycles. The fourth-order valence-corrected chi connectivity index (χ4v) is 1.83. The molecule has 4 heteroatoms. The van der Waals surface area contributed by atoms with Crippen LogP contribution in [0.2, 0.25) is 0 Å². The van der Waals surface area contributed by atoms with Gasteiger partial charge < -0.3 is 5.32 Å². The van der Waals surface area contributed by atoms with Gasteiger partial charge in [-0.3, -0.25) is 9.69 Å². The number of carbonyl (C=O) groups is 1. The van der Waals surface area contributed by atoms with Crippen molar-refractivity contribution >= 4 is 5.91 Å². The second kappa shape index (κ2) is 4.97. The third kappa shape index (κ3) is 3.35. The standard InChI is InChI=1S/C10H17N3O/c1-8(5-11)6-13-4-3-10(7-13)12-9(2)14/h8,10H,3-4,6-7H2,1-2H3,(H,12,14). The van der Waals surface area contributed by atoms with Crippen LogP contribution in [0.4, 0.5) is 0 Å². The van der Waals surface area contributed by atoms with Gasteiger partial charge in [0.25, 0.3) is 0 Å². The molecule has 1 rings (SSSR count). The summed E-state index contributed by atoms with van der Waals surface area (Å²) in [7, 11) is 0. The fourth-order valence-electron chi connectivity index (χ4n) is 1.83. The molecule has 4 nitrogen and oxygen atoms in total. The SMILES string of the molecule is CC(=O)NC1CCN(CC(C)C#N)C1. The first-order valence-corrected chi connectivity index (χ1v) is 5.01. The lowest BCUT2D eigenvalue weighted by molar-refractivity contribution is -0.119. The average molecular weight is 195 g/mol. The summed E-state index contributed by atoms with van der Waals surface area (Å²) in [6.45, 7) is 6.14. The van der Waals surface area contributed by atoms with Crippen LogP contribution in [0.5, 0.6) is 0 Å². The van der Waals surface area contributed by atoms with E-state index >= 15 is 0 Å². The smallest absolute Gasteiger partial charge is 0.217 e. The molecule has 0 saturated carbocycles. The van der Waals surface area contributed by atoms with Crippen LogP contribution in [0.25, 0.3) is 0 Å². The monoisotopic (exact) mass is 195 g/mol. The van der Waals surface area contributed by atoms with Gasteiger partial charge >= 0.3 is 0 Å². The number of carbonyl (C=O) groups excluding carboxylic acids is 1. The van der Waals surface area contributed by atoms with Crippen molar-refractivity contribution in [2.24, 2.45) is 5.92 Å². The summed E-state index contributed by atoms with van der Waals surface area (Å²) in [5.41, 5.74) is 0. The molecule has 2 atom stereocenters. The van der Waals surface area contributed by atoms with Crippen molar-refractivity contribution in [1.82, 2.24) is 10.2 Å². The van der Waals surface area contributed by atoms with E-state index < -0.39 is 0 Å². The summed E-state index contributed by atoms with van der Waals surface area (Å²) in [4.78, 5) is 13.0. The van der Waals surface area contributed by atoms with Gasteiger partial charge in [0.1, 0.15) is 0 Å². The van der Waals surface area contributed by atoms with Crippen LogP contribution < -0.4 is 5.32 Å². The molecule has 0 radical (unpaired) electrons. The van der Waals surface area contributed by atoms with Gasteiger partial charge in [0.2, 0.25) is 5.91 Å². The molecule has 0 aromatic rings. The van der Waals surface area contributed by atoms with E-state index in [4.69, 9.17) is 5.26 Å². The van der Waals surface area contributed by atoms with E-state index in [1.54, 1.807) is 6.92 Å². The molecule has 1 aliphatic rings. The van der Waals surface area contributed by atoms with Crippen LogP contribution in [0, 0.1) is 17.2 Å². The second-order valence-corrected chi connectivity index (χ2v) is 3.98. The van der Waals surface area contributed by atoms with Crippen molar-refractivity contribution in [3.8, 4) is 6.07 Å². The van der Waals surface area contributed by atoms with E-state index in [9.17, 15) is 4.79 Å². The Bertz CT molecular complexity index is 246. The quantitative estimate of drug-likeness (QED) is 0.707. The molecule has 2 unspecified atom stereocenters. The summed E-state index contributed by atoms with van der Waals surface area (Å²) >= 11 is 0. The van der Waals surface area contributed by atoms with Crippen LogP contribution in [-0.2, 0) is 4.79 Å². The number of hydrogen-bond acceptors (Lipinski definition) is 3. The van der Waals surface area contributed by atoms with Gasteiger partial charge in [0, 0.05) is 32.6 Å². The van der Waals surface area contributed by atoms with E-state index in [-0.39, 0.29) is 17.9 Å². The molecule has 1 amide bonds. The first-order valence-electron chi connectivity index (χ1n) is 5.01. The topological polar surface area (TPSA) is 56.1 Å². The van der Waals surface area contributed by atoms with Crippen LogP contribution in [0.3, 0.4) is 0 Å². The molecule has 1 heterocycles. The predicted molar refractivity (Wildman–Crippen MR) is 53.4 cm³/mol. The minimum Gasteiger partial charge on any atom is -0.352 e. The van der Waals surface area contributed by atoms with Crippen molar-refractivity contribution < 1.29 is 4.79 Å². The van der Waals surface area contributed by atoms with Crippen LogP contribution in [0.15, 0.2) is 0 Å². The van der Waals surface area contributed by atoms with Crippen molar-refractivity contribution in [2.75, 3.05) is 19.6 Å². The third-order valence-corrected chi connectivity index (χ3v) is 2.43. The molecule has 1 fully saturated rings. The van der Waals surface area contributed by atoms with Crippen molar-refractivity contribution in [2.45, 2.75) is 26.3 Å². The first-order chi connectivity index (χ1) is 6.61. The molecule has 14 heavy (non-hydrogen) atoms. The summed E-state index contributed by atoms with van der Waals surface area (Å²) in [6, 6.07) is 2.49. The zero-order valence-corrected chi connectivity index (χ0v) is 8.79. The molecular weight excluding hydrogens is 178 g/mol. The molecule has 0 bridgehead atoms. The van der Waals surface area contributed by atoms with Crippen molar-refractivity contribution in [1.29, 1.82) is 5.26 Å². The largest absolute Gasteiger partial charge is 0.352 e. The molecule has 0 spiro atoms. The Morgan fingerprint density at radius 3 is 3.07 bits per heavy atom. The molecule has 0 aromatic carbocycles. The Morgan fingerprint density at radius 1 is 1.79 bits per heavy atom. The molecule has 78 valence electrons. The molecule has 1 aliphatic heterocycles. The number of hydrogen-bond donors (Lipinski definition) is 1. The highest BCUT2D eigenvalue weighted by molar-refractivity contribution is 5.73. The lowest BCUT2D eigenvalue weighted by atomic mass is 10.2. The van der Waals surface area contributed by atoms with Gasteiger partial charge in [0.05, 0.1) is 12.0 Å². The van der Waals surface area contributed by atoms with Crippen molar-refractivity contribution in [3.05, 3.63) is 0 Å². The third-order valence-electron chi connectivity index (χ3n) is 2.43. The summed E-state index contributed by atoms with van der Waals surface area (Å²) in [6.07, 6.45) is 0.998. The number of nitrogens with one attached hydrogen (secondary N) is 1. The summed E-state index contributed by atoms with van der Waals surface area (Å²) < 4.78 is 0. The molecule has 1 N–H and O–H groups in total. The normalized spacial score (nSPS) is 24.2. The van der Waals surface area contributed by atoms with Gasteiger partial charge in [-0.25, -0.2) is 0 Å². The predicted octanol–water partition coefficient (Wildman–Crippen LogP) is 0.356. The Kier molecular flexibility index (Phi) is 3.90. The second-order valence-electron chi connectivity index (χ2n) is 3.98. The van der Waals surface area contributed by atoms with E-state index in [1.165, 1.54) is 0 Å². The zero-order valence-electron chi connectivity index (χ0n) is 8.79. The highest BCUT2D eigenvalue weighted by Gasteiger charge is 2.23. The average Bonchev–Trinajstić information content (AvgIpc) is 2.51. The van der Waals surface area contributed by atoms with E-state index in [1.807, 2.05) is 6.92 Å². The van der Waals surface area contributed by atoms with E-state index in [0.717, 1.165) is 26.1 Å². The fraction of sp³-hybridized carbons (Fsp3) is 0.800. The van der Waals surface area contributed by atoms with Gasteiger partial charge in [0.15, 0.2) is 0 Å². The Balaban J connectivity index is 2.27. The van der Waals surface area contributed by atoms with E-state index in [0.29, 0.717) is 0 Å². The summed E-state index contributed by atoms with van der Waals surface area (Å²) in [5.74, 6) is 0.108. The summed E-state index contributed by atoms with van der Waals surface area (Å²) in [5, 5.41) is 11.6. The lowest BCUT2D eigenvalue weighted by Crippen LogP contribution is -2.36. The van der Waals surface area contributed by atoms with Crippen LogP contribution >= 0.6 is 0 Å². The minimum absolute atomic E-state index is 0.0326. The maximum absolute atomic E-state index is 10.8. The Hall–Kier alpha value is -1.08. The Morgan fingerprint density at radius 2 is 2.50 bits per heavy atom. The zero-order chi connectivity index (χ0) is 10.6. The number of nitriles is 1. The van der Waals surface area contributed by atoms with Gasteiger partial charge in [-0.2, -0.15) is 5.26 Å². The number of likely N-dealkylation sites (tertiary alicyclic amines) is 1. The maximum atomic E-state index is 10.8. The number of rotatable bonds is 3. The number of nitrogens with zero attached hydrogens (tertiary/aromatic N) is 2. The van der Waals surface area contributed by atoms with Crippen LogP contribution in [0.1, 0.15) is 20.3 Å².